The summed E-state index contributed by atoms with van der Waals surface area (Å²) in [6, 6.07) is 10.5. The molecule has 1 aliphatic rings. The van der Waals surface area contributed by atoms with Crippen molar-refractivity contribution in [3.8, 4) is 0 Å². The molecule has 2 atom stereocenters. The molecule has 0 radical (unpaired) electrons. The number of rotatable bonds is 8. The molecule has 0 saturated heterocycles. The number of hydrogen-bond acceptors (Lipinski definition) is 7. The maximum Gasteiger partial charge on any atom is 0.256 e. The standard InChI is InChI=1S/C26H27F2N7O2/c1-14-9-16-12-31-35(8-7-22(27)28)20(16)11-19(14)32-26-30-13-18(25(37)29-2)24(34-26)33-23-17-6-4-3-5-15(17)10-21(23)36/h3-6,9,11-13,21-23,36H,7-8,10H2,1-2H3,(H,29,37)(H2,30,32,33,34)/t21-,23+/m1/s1/i2D3. The predicted molar refractivity (Wildman–Crippen MR) is 136 cm³/mol. The van der Waals surface area contributed by atoms with Gasteiger partial charge < -0.3 is 21.1 Å². The van der Waals surface area contributed by atoms with E-state index in [2.05, 4.69) is 25.7 Å². The Bertz CT molecular complexity index is 1560. The van der Waals surface area contributed by atoms with Crippen LogP contribution < -0.4 is 16.0 Å². The van der Waals surface area contributed by atoms with Gasteiger partial charge in [0, 0.05) is 47.7 Å². The minimum atomic E-state index is -2.73. The molecule has 4 aromatic rings. The molecule has 0 bridgehead atoms. The summed E-state index contributed by atoms with van der Waals surface area (Å²) in [6.07, 6.45) is -0.374. The lowest BCUT2D eigenvalue weighted by Crippen LogP contribution is -2.26. The molecular formula is C26H27F2N7O2. The van der Waals surface area contributed by atoms with Crippen LogP contribution in [0.1, 0.15) is 43.6 Å². The molecule has 2 aromatic carbocycles. The van der Waals surface area contributed by atoms with Crippen molar-refractivity contribution >= 4 is 34.3 Å². The van der Waals surface area contributed by atoms with Gasteiger partial charge >= 0.3 is 0 Å². The van der Waals surface area contributed by atoms with Crippen LogP contribution in [0.5, 0.6) is 0 Å². The maximum atomic E-state index is 12.8. The van der Waals surface area contributed by atoms with Crippen LogP contribution in [0, 0.1) is 6.92 Å². The van der Waals surface area contributed by atoms with E-state index in [0.29, 0.717) is 17.6 Å². The Labute approximate surface area is 216 Å². The maximum absolute atomic E-state index is 12.8. The number of benzene rings is 2. The largest absolute Gasteiger partial charge is 0.390 e. The Balaban J connectivity index is 1.49. The topological polar surface area (TPSA) is 117 Å². The van der Waals surface area contributed by atoms with E-state index in [1.807, 2.05) is 42.6 Å². The number of hydrogen-bond donors (Lipinski definition) is 4. The van der Waals surface area contributed by atoms with Crippen LogP contribution in [0.2, 0.25) is 0 Å². The molecular weight excluding hydrogens is 480 g/mol. The summed E-state index contributed by atoms with van der Waals surface area (Å²) in [4.78, 5) is 21.5. The first-order valence-electron chi connectivity index (χ1n) is 13.2. The lowest BCUT2D eigenvalue weighted by atomic mass is 10.1. The number of nitrogens with zero attached hydrogens (tertiary/aromatic N) is 4. The van der Waals surface area contributed by atoms with Gasteiger partial charge in [0.05, 0.1) is 23.9 Å². The zero-order chi connectivity index (χ0) is 28.6. The molecule has 5 rings (SSSR count). The van der Waals surface area contributed by atoms with Crippen molar-refractivity contribution in [1.82, 2.24) is 25.1 Å². The zero-order valence-electron chi connectivity index (χ0n) is 22.9. The SMILES string of the molecule is [2H]C([2H])([2H])NC(=O)c1cnc(Nc2cc3c(cnn3CCC(F)F)cc2C)nc1N[C@H]1c2ccccc2C[C@H]1O. The molecule has 2 heterocycles. The van der Waals surface area contributed by atoms with Gasteiger partial charge in [0.15, 0.2) is 0 Å². The molecule has 37 heavy (non-hydrogen) atoms. The highest BCUT2D eigenvalue weighted by Gasteiger charge is 2.32. The summed E-state index contributed by atoms with van der Waals surface area (Å²) in [5.74, 6) is -0.786. The number of aliphatic hydroxyl groups is 1. The number of nitrogens with one attached hydrogen (secondary N) is 3. The summed E-state index contributed by atoms with van der Waals surface area (Å²) >= 11 is 0. The summed E-state index contributed by atoms with van der Waals surface area (Å²) < 4.78 is 49.3. The molecule has 0 spiro atoms. The lowest BCUT2D eigenvalue weighted by molar-refractivity contribution is 0.0962. The van der Waals surface area contributed by atoms with Crippen LogP contribution in [-0.4, -0.2) is 50.3 Å². The van der Waals surface area contributed by atoms with Crippen molar-refractivity contribution in [2.75, 3.05) is 17.6 Å². The third-order valence-corrected chi connectivity index (χ3v) is 6.44. The van der Waals surface area contributed by atoms with Gasteiger partial charge in [-0.05, 0) is 35.7 Å². The Morgan fingerprint density at radius 3 is 2.95 bits per heavy atom. The molecule has 0 saturated carbocycles. The Morgan fingerprint density at radius 2 is 2.14 bits per heavy atom. The molecule has 1 aliphatic carbocycles. The highest BCUT2D eigenvalue weighted by atomic mass is 19.3. The Kier molecular flexibility index (Phi) is 5.73. The fraction of sp³-hybridized carbons (Fsp3) is 0.308. The van der Waals surface area contributed by atoms with Crippen molar-refractivity contribution in [1.29, 1.82) is 0 Å². The van der Waals surface area contributed by atoms with Crippen LogP contribution in [0.25, 0.3) is 10.9 Å². The van der Waals surface area contributed by atoms with E-state index in [9.17, 15) is 18.7 Å². The number of halogens is 2. The Hall–Kier alpha value is -4.12. The van der Waals surface area contributed by atoms with Gasteiger partial charge in [-0.3, -0.25) is 9.48 Å². The van der Waals surface area contributed by atoms with E-state index in [-0.39, 0.29) is 30.3 Å². The van der Waals surface area contributed by atoms with E-state index >= 15 is 0 Å². The minimum Gasteiger partial charge on any atom is -0.390 e. The van der Waals surface area contributed by atoms with E-state index < -0.39 is 31.5 Å². The quantitative estimate of drug-likeness (QED) is 0.283. The van der Waals surface area contributed by atoms with Gasteiger partial charge in [0.2, 0.25) is 12.4 Å². The van der Waals surface area contributed by atoms with E-state index in [4.69, 9.17) is 4.11 Å². The number of anilines is 3. The van der Waals surface area contributed by atoms with Gasteiger partial charge in [-0.25, -0.2) is 13.8 Å². The number of carbonyl (C=O) groups is 1. The molecule has 1 amide bonds. The smallest absolute Gasteiger partial charge is 0.256 e. The average molecular weight is 511 g/mol. The van der Waals surface area contributed by atoms with E-state index in [1.165, 1.54) is 10.9 Å². The zero-order valence-corrected chi connectivity index (χ0v) is 19.9. The highest BCUT2D eigenvalue weighted by molar-refractivity contribution is 5.98. The van der Waals surface area contributed by atoms with Crippen molar-refractivity contribution in [2.45, 2.75) is 44.9 Å². The molecule has 9 nitrogen and oxygen atoms in total. The molecule has 4 N–H and O–H groups in total. The second-order valence-corrected chi connectivity index (χ2v) is 8.90. The van der Waals surface area contributed by atoms with E-state index in [0.717, 1.165) is 22.1 Å². The molecule has 2 aromatic heterocycles. The van der Waals surface area contributed by atoms with Crippen molar-refractivity contribution < 1.29 is 22.8 Å². The first-order valence-corrected chi connectivity index (χ1v) is 11.7. The number of amides is 1. The van der Waals surface area contributed by atoms with Crippen LogP contribution in [0.15, 0.2) is 48.8 Å². The van der Waals surface area contributed by atoms with Crippen LogP contribution in [-0.2, 0) is 13.0 Å². The monoisotopic (exact) mass is 510 g/mol. The second kappa shape index (κ2) is 10.1. The summed E-state index contributed by atoms with van der Waals surface area (Å²) in [5, 5.41) is 23.9. The number of aryl methyl sites for hydroxylation is 2. The normalized spacial score (nSPS) is 18.2. The van der Waals surface area contributed by atoms with Crippen LogP contribution >= 0.6 is 0 Å². The van der Waals surface area contributed by atoms with Crippen molar-refractivity contribution in [2.24, 2.45) is 0 Å². The number of carbonyl (C=O) groups excluding carboxylic acids is 1. The summed E-state index contributed by atoms with van der Waals surface area (Å²) in [7, 11) is 0. The van der Waals surface area contributed by atoms with Gasteiger partial charge in [-0.15, -0.1) is 0 Å². The van der Waals surface area contributed by atoms with Gasteiger partial charge in [-0.2, -0.15) is 10.1 Å². The van der Waals surface area contributed by atoms with Gasteiger partial charge in [0.1, 0.15) is 11.4 Å². The molecule has 0 fully saturated rings. The van der Waals surface area contributed by atoms with Crippen molar-refractivity contribution in [3.63, 3.8) is 0 Å². The molecule has 11 heteroatoms. The molecule has 0 aliphatic heterocycles. The highest BCUT2D eigenvalue weighted by Crippen LogP contribution is 2.35. The van der Waals surface area contributed by atoms with Gasteiger partial charge in [-0.1, -0.05) is 24.3 Å². The third-order valence-electron chi connectivity index (χ3n) is 6.44. The number of aromatic nitrogens is 4. The van der Waals surface area contributed by atoms with Crippen LogP contribution in [0.4, 0.5) is 26.2 Å². The van der Waals surface area contributed by atoms with Crippen LogP contribution in [0.3, 0.4) is 0 Å². The van der Waals surface area contributed by atoms with Crippen molar-refractivity contribution in [3.05, 3.63) is 71.0 Å². The number of fused-ring (bicyclic) bond motifs is 2. The third kappa shape index (κ3) is 4.94. The summed E-state index contributed by atoms with van der Waals surface area (Å²) in [6.45, 7) is -0.835. The van der Waals surface area contributed by atoms with Gasteiger partial charge in [0.25, 0.3) is 5.91 Å². The first kappa shape index (κ1) is 21.0. The Morgan fingerprint density at radius 1 is 1.30 bits per heavy atom. The number of aliphatic hydroxyl groups excluding tert-OH is 1. The average Bonchev–Trinajstić information content (AvgIpc) is 3.41. The second-order valence-electron chi connectivity index (χ2n) is 8.90. The predicted octanol–water partition coefficient (Wildman–Crippen LogP) is 3.96. The number of alkyl halides is 2. The first-order chi connectivity index (χ1) is 19.0. The lowest BCUT2D eigenvalue weighted by Gasteiger charge is -2.21. The minimum absolute atomic E-state index is 0.0284. The summed E-state index contributed by atoms with van der Waals surface area (Å²) in [5.41, 5.74) is 3.71. The molecule has 0 unspecified atom stereocenters. The fourth-order valence-corrected chi connectivity index (χ4v) is 4.57. The van der Waals surface area contributed by atoms with E-state index in [1.54, 1.807) is 12.3 Å². The molecule has 192 valence electrons. The fourth-order valence-electron chi connectivity index (χ4n) is 4.57.